The second kappa shape index (κ2) is 16.0. The Bertz CT molecular complexity index is 732. The quantitative estimate of drug-likeness (QED) is 0.371. The standard InChI is InChI=1S/C13H11NO2.C12H25NO/c15-12-9-5-4-8-11(12)13(16)14-10-6-2-1-3-7-10;1-2-3-4-5-6-7-8-9-10-11-12(13)14/h1-9,15H,(H,14,16);2-11H2,1H3,(H2,13,14). The van der Waals surface area contributed by atoms with Crippen LogP contribution >= 0.6 is 0 Å². The smallest absolute Gasteiger partial charge is 0.259 e. The summed E-state index contributed by atoms with van der Waals surface area (Å²) in [6, 6.07) is 15.6. The van der Waals surface area contributed by atoms with Gasteiger partial charge in [0, 0.05) is 12.1 Å². The molecule has 2 rings (SSSR count). The Morgan fingerprint density at radius 3 is 1.90 bits per heavy atom. The Labute approximate surface area is 180 Å². The topological polar surface area (TPSA) is 92.4 Å². The number of nitrogens with two attached hydrogens (primary N) is 1. The van der Waals surface area contributed by atoms with Gasteiger partial charge in [-0.1, -0.05) is 88.6 Å². The number of phenols is 1. The van der Waals surface area contributed by atoms with E-state index in [-0.39, 0.29) is 23.1 Å². The van der Waals surface area contributed by atoms with Crippen LogP contribution in [0.15, 0.2) is 54.6 Å². The van der Waals surface area contributed by atoms with Crippen LogP contribution in [0.25, 0.3) is 0 Å². The van der Waals surface area contributed by atoms with Crippen molar-refractivity contribution in [1.82, 2.24) is 0 Å². The zero-order valence-corrected chi connectivity index (χ0v) is 18.1. The van der Waals surface area contributed by atoms with Gasteiger partial charge in [0.05, 0.1) is 5.56 Å². The van der Waals surface area contributed by atoms with Crippen LogP contribution in [0.3, 0.4) is 0 Å². The van der Waals surface area contributed by atoms with Crippen LogP contribution < -0.4 is 11.1 Å². The molecule has 0 unspecified atom stereocenters. The van der Waals surface area contributed by atoms with E-state index in [9.17, 15) is 14.7 Å². The molecule has 4 N–H and O–H groups in total. The second-order valence-corrected chi connectivity index (χ2v) is 7.38. The second-order valence-electron chi connectivity index (χ2n) is 7.38. The number of rotatable bonds is 12. The number of hydrogen-bond acceptors (Lipinski definition) is 3. The Morgan fingerprint density at radius 1 is 0.800 bits per heavy atom. The van der Waals surface area contributed by atoms with Gasteiger partial charge in [-0.2, -0.15) is 0 Å². The molecule has 2 aromatic carbocycles. The lowest BCUT2D eigenvalue weighted by Gasteiger charge is -2.05. The summed E-state index contributed by atoms with van der Waals surface area (Å²) in [5.74, 6) is -0.492. The predicted octanol–water partition coefficient (Wildman–Crippen LogP) is 6.04. The first kappa shape index (κ1) is 25.2. The molecule has 0 radical (unpaired) electrons. The molecule has 5 nitrogen and oxygen atoms in total. The highest BCUT2D eigenvalue weighted by Gasteiger charge is 2.09. The maximum absolute atomic E-state index is 11.8. The lowest BCUT2D eigenvalue weighted by atomic mass is 10.1. The molecule has 164 valence electrons. The number of anilines is 1. The molecule has 30 heavy (non-hydrogen) atoms. The van der Waals surface area contributed by atoms with Crippen LogP contribution in [0, 0.1) is 0 Å². The van der Waals surface area contributed by atoms with Gasteiger partial charge >= 0.3 is 0 Å². The van der Waals surface area contributed by atoms with Crippen LogP contribution in [0.5, 0.6) is 5.75 Å². The van der Waals surface area contributed by atoms with E-state index in [0.717, 1.165) is 12.8 Å². The molecule has 0 saturated heterocycles. The fraction of sp³-hybridized carbons (Fsp3) is 0.440. The molecule has 0 aliphatic carbocycles. The fourth-order valence-electron chi connectivity index (χ4n) is 3.00. The van der Waals surface area contributed by atoms with Crippen molar-refractivity contribution in [3.63, 3.8) is 0 Å². The van der Waals surface area contributed by atoms with Crippen LogP contribution in [-0.4, -0.2) is 16.9 Å². The van der Waals surface area contributed by atoms with E-state index < -0.39 is 0 Å². The first-order valence-corrected chi connectivity index (χ1v) is 11.0. The zero-order valence-electron chi connectivity index (χ0n) is 18.1. The number of aromatic hydroxyl groups is 1. The summed E-state index contributed by atoms with van der Waals surface area (Å²) >= 11 is 0. The lowest BCUT2D eigenvalue weighted by molar-refractivity contribution is -0.118. The number of nitrogens with one attached hydrogen (secondary N) is 1. The summed E-state index contributed by atoms with van der Waals surface area (Å²) in [4.78, 5) is 22.2. The highest BCUT2D eigenvalue weighted by Crippen LogP contribution is 2.17. The lowest BCUT2D eigenvalue weighted by Crippen LogP contribution is -2.11. The van der Waals surface area contributed by atoms with Crippen LogP contribution in [0.1, 0.15) is 81.5 Å². The summed E-state index contributed by atoms with van der Waals surface area (Å²) in [5.41, 5.74) is 6.02. The van der Waals surface area contributed by atoms with E-state index in [1.54, 1.807) is 30.3 Å². The highest BCUT2D eigenvalue weighted by molar-refractivity contribution is 6.06. The molecular weight excluding hydrogens is 376 g/mol. The molecule has 0 spiro atoms. The van der Waals surface area contributed by atoms with Gasteiger partial charge in [-0.15, -0.1) is 0 Å². The number of unbranched alkanes of at least 4 members (excludes halogenated alkanes) is 8. The van der Waals surface area contributed by atoms with E-state index in [0.29, 0.717) is 12.1 Å². The minimum atomic E-state index is -0.315. The van der Waals surface area contributed by atoms with E-state index >= 15 is 0 Å². The fourth-order valence-corrected chi connectivity index (χ4v) is 3.00. The molecule has 2 aromatic rings. The monoisotopic (exact) mass is 412 g/mol. The van der Waals surface area contributed by atoms with Crippen molar-refractivity contribution >= 4 is 17.5 Å². The Kier molecular flexibility index (Phi) is 13.5. The molecule has 0 aliphatic heterocycles. The first-order chi connectivity index (χ1) is 14.5. The molecule has 2 amide bonds. The molecular formula is C25H36N2O3. The summed E-state index contributed by atoms with van der Waals surface area (Å²) in [6.45, 7) is 2.24. The normalized spacial score (nSPS) is 10.0. The number of phenolic OH excluding ortho intramolecular Hbond substituents is 1. The maximum Gasteiger partial charge on any atom is 0.259 e. The minimum absolute atomic E-state index is 0.0177. The van der Waals surface area contributed by atoms with E-state index in [1.807, 2.05) is 18.2 Å². The SMILES string of the molecule is CCCCCCCCCCCC(N)=O.O=C(Nc1ccccc1)c1ccccc1O. The summed E-state index contributed by atoms with van der Waals surface area (Å²) in [6.07, 6.45) is 12.1. The molecule has 0 fully saturated rings. The van der Waals surface area contributed by atoms with Crippen molar-refractivity contribution in [2.24, 2.45) is 5.73 Å². The summed E-state index contributed by atoms with van der Waals surface area (Å²) < 4.78 is 0. The Morgan fingerprint density at radius 2 is 1.33 bits per heavy atom. The Hall–Kier alpha value is -2.82. The summed E-state index contributed by atoms with van der Waals surface area (Å²) in [7, 11) is 0. The van der Waals surface area contributed by atoms with E-state index in [1.165, 1.54) is 51.0 Å². The van der Waals surface area contributed by atoms with Gasteiger partial charge in [0.25, 0.3) is 5.91 Å². The van der Waals surface area contributed by atoms with Gasteiger partial charge in [-0.05, 0) is 30.7 Å². The largest absolute Gasteiger partial charge is 0.507 e. The van der Waals surface area contributed by atoms with Crippen LogP contribution in [-0.2, 0) is 4.79 Å². The van der Waals surface area contributed by atoms with Gasteiger partial charge < -0.3 is 16.2 Å². The molecule has 0 saturated carbocycles. The van der Waals surface area contributed by atoms with Crippen molar-refractivity contribution in [2.45, 2.75) is 71.1 Å². The van der Waals surface area contributed by atoms with Crippen LogP contribution in [0.2, 0.25) is 0 Å². The number of carbonyl (C=O) groups is 2. The Balaban J connectivity index is 0.000000304. The number of benzene rings is 2. The van der Waals surface area contributed by atoms with Gasteiger partial charge in [0.1, 0.15) is 5.75 Å². The van der Waals surface area contributed by atoms with Gasteiger partial charge in [0.2, 0.25) is 5.91 Å². The van der Waals surface area contributed by atoms with Crippen molar-refractivity contribution in [1.29, 1.82) is 0 Å². The molecule has 5 heteroatoms. The number of carbonyl (C=O) groups excluding carboxylic acids is 2. The molecule has 0 aromatic heterocycles. The zero-order chi connectivity index (χ0) is 22.0. The van der Waals surface area contributed by atoms with E-state index in [2.05, 4.69) is 12.2 Å². The molecule has 0 bridgehead atoms. The maximum atomic E-state index is 11.8. The third kappa shape index (κ3) is 11.9. The number of primary amides is 1. The van der Waals surface area contributed by atoms with Crippen molar-refractivity contribution in [3.8, 4) is 5.75 Å². The van der Waals surface area contributed by atoms with Crippen molar-refractivity contribution in [2.75, 3.05) is 5.32 Å². The van der Waals surface area contributed by atoms with Crippen LogP contribution in [0.4, 0.5) is 5.69 Å². The van der Waals surface area contributed by atoms with Crippen molar-refractivity contribution < 1.29 is 14.7 Å². The third-order valence-corrected chi connectivity index (χ3v) is 4.71. The average molecular weight is 413 g/mol. The number of hydrogen-bond donors (Lipinski definition) is 3. The molecule has 0 aliphatic rings. The van der Waals surface area contributed by atoms with Gasteiger partial charge in [0.15, 0.2) is 0 Å². The minimum Gasteiger partial charge on any atom is -0.507 e. The molecule has 0 heterocycles. The number of para-hydroxylation sites is 2. The van der Waals surface area contributed by atoms with E-state index in [4.69, 9.17) is 5.73 Å². The first-order valence-electron chi connectivity index (χ1n) is 11.0. The third-order valence-electron chi connectivity index (χ3n) is 4.71. The predicted molar refractivity (Wildman–Crippen MR) is 124 cm³/mol. The summed E-state index contributed by atoms with van der Waals surface area (Å²) in [5, 5.41) is 12.2. The van der Waals surface area contributed by atoms with Gasteiger partial charge in [-0.3, -0.25) is 9.59 Å². The van der Waals surface area contributed by atoms with Crippen molar-refractivity contribution in [3.05, 3.63) is 60.2 Å². The molecule has 0 atom stereocenters. The number of amides is 2. The van der Waals surface area contributed by atoms with Gasteiger partial charge in [-0.25, -0.2) is 0 Å². The highest BCUT2D eigenvalue weighted by atomic mass is 16.3. The average Bonchev–Trinajstić information content (AvgIpc) is 2.74.